The highest BCUT2D eigenvalue weighted by Crippen LogP contribution is 2.26. The van der Waals surface area contributed by atoms with Gasteiger partial charge in [0.15, 0.2) is 0 Å². The van der Waals surface area contributed by atoms with Gasteiger partial charge >= 0.3 is 0 Å². The molecule has 1 aromatic carbocycles. The zero-order chi connectivity index (χ0) is 13.9. The van der Waals surface area contributed by atoms with Crippen molar-refractivity contribution in [1.29, 1.82) is 0 Å². The maximum atomic E-state index is 13.4. The zero-order valence-electron chi connectivity index (χ0n) is 11.3. The maximum Gasteiger partial charge on any atom is 0.125 e. The number of hydrogen-bond acceptors (Lipinski definition) is 3. The number of halogens is 1. The van der Waals surface area contributed by atoms with Gasteiger partial charge < -0.3 is 10.6 Å². The highest BCUT2D eigenvalue weighted by atomic mass is 32.1. The number of hydrogen-bond donors (Lipinski definition) is 1. The van der Waals surface area contributed by atoms with E-state index in [-0.39, 0.29) is 11.9 Å². The Morgan fingerprint density at radius 2 is 2.20 bits per heavy atom. The van der Waals surface area contributed by atoms with Crippen LogP contribution in [-0.4, -0.2) is 19.1 Å². The van der Waals surface area contributed by atoms with Crippen LogP contribution >= 0.6 is 11.3 Å². The molecule has 106 valence electrons. The SMILES string of the molecule is NC1CC(Cc2ccsc2)CN(c2cccc(F)c2)C1. The molecule has 0 amide bonds. The molecule has 1 aliphatic heterocycles. The molecule has 1 saturated heterocycles. The first kappa shape index (κ1) is 13.6. The van der Waals surface area contributed by atoms with Crippen molar-refractivity contribution >= 4 is 17.0 Å². The maximum absolute atomic E-state index is 13.4. The molecule has 2 nitrogen and oxygen atoms in total. The molecule has 0 bridgehead atoms. The first-order valence-corrected chi connectivity index (χ1v) is 7.92. The third-order valence-electron chi connectivity index (χ3n) is 3.85. The smallest absolute Gasteiger partial charge is 0.125 e. The van der Waals surface area contributed by atoms with Crippen LogP contribution in [0.15, 0.2) is 41.1 Å². The van der Waals surface area contributed by atoms with E-state index in [1.807, 2.05) is 6.07 Å². The Balaban J connectivity index is 1.72. The molecule has 1 aromatic heterocycles. The lowest BCUT2D eigenvalue weighted by Crippen LogP contribution is -2.47. The summed E-state index contributed by atoms with van der Waals surface area (Å²) in [5.41, 5.74) is 8.51. The molecule has 1 aliphatic rings. The number of nitrogens with two attached hydrogens (primary N) is 1. The number of rotatable bonds is 3. The van der Waals surface area contributed by atoms with E-state index in [2.05, 4.69) is 21.7 Å². The minimum Gasteiger partial charge on any atom is -0.370 e. The van der Waals surface area contributed by atoms with Crippen LogP contribution in [0.3, 0.4) is 0 Å². The number of nitrogens with zero attached hydrogens (tertiary/aromatic N) is 1. The fraction of sp³-hybridized carbons (Fsp3) is 0.375. The van der Waals surface area contributed by atoms with E-state index in [1.54, 1.807) is 23.5 Å². The molecule has 20 heavy (non-hydrogen) atoms. The van der Waals surface area contributed by atoms with Crippen LogP contribution in [0.1, 0.15) is 12.0 Å². The molecule has 2 aromatic rings. The van der Waals surface area contributed by atoms with Gasteiger partial charge in [0.1, 0.15) is 5.82 Å². The molecule has 0 saturated carbocycles. The molecular weight excluding hydrogens is 271 g/mol. The van der Waals surface area contributed by atoms with E-state index in [0.717, 1.165) is 31.6 Å². The van der Waals surface area contributed by atoms with Crippen molar-refractivity contribution in [2.45, 2.75) is 18.9 Å². The number of thiophene rings is 1. The lowest BCUT2D eigenvalue weighted by molar-refractivity contribution is 0.374. The summed E-state index contributed by atoms with van der Waals surface area (Å²) in [5.74, 6) is 0.354. The van der Waals surface area contributed by atoms with Gasteiger partial charge in [-0.15, -0.1) is 0 Å². The summed E-state index contributed by atoms with van der Waals surface area (Å²) >= 11 is 1.73. The summed E-state index contributed by atoms with van der Waals surface area (Å²) in [6.07, 6.45) is 2.10. The van der Waals surface area contributed by atoms with E-state index in [1.165, 1.54) is 11.6 Å². The molecule has 2 N–H and O–H groups in total. The second-order valence-corrected chi connectivity index (χ2v) is 6.36. The second kappa shape index (κ2) is 5.94. The van der Waals surface area contributed by atoms with Crippen LogP contribution < -0.4 is 10.6 Å². The van der Waals surface area contributed by atoms with Gasteiger partial charge in [0.25, 0.3) is 0 Å². The Bertz CT molecular complexity index is 555. The minimum atomic E-state index is -0.184. The molecule has 2 unspecified atom stereocenters. The molecule has 0 aliphatic carbocycles. The quantitative estimate of drug-likeness (QED) is 0.940. The van der Waals surface area contributed by atoms with Crippen molar-refractivity contribution < 1.29 is 4.39 Å². The fourth-order valence-corrected chi connectivity index (χ4v) is 3.70. The van der Waals surface area contributed by atoms with Crippen LogP contribution in [0.25, 0.3) is 0 Å². The average molecular weight is 290 g/mol. The fourth-order valence-electron chi connectivity index (χ4n) is 3.02. The minimum absolute atomic E-state index is 0.163. The lowest BCUT2D eigenvalue weighted by Gasteiger charge is -2.38. The van der Waals surface area contributed by atoms with E-state index in [9.17, 15) is 4.39 Å². The van der Waals surface area contributed by atoms with Crippen molar-refractivity contribution in [3.63, 3.8) is 0 Å². The molecule has 0 radical (unpaired) electrons. The van der Waals surface area contributed by atoms with E-state index >= 15 is 0 Å². The summed E-state index contributed by atoms with van der Waals surface area (Å²) in [6, 6.07) is 9.14. The number of benzene rings is 1. The Morgan fingerprint density at radius 1 is 1.30 bits per heavy atom. The summed E-state index contributed by atoms with van der Waals surface area (Å²) < 4.78 is 13.4. The van der Waals surface area contributed by atoms with E-state index in [4.69, 9.17) is 5.73 Å². The Kier molecular flexibility index (Phi) is 4.03. The molecule has 3 rings (SSSR count). The van der Waals surface area contributed by atoms with Crippen molar-refractivity contribution in [2.24, 2.45) is 11.7 Å². The van der Waals surface area contributed by atoms with Gasteiger partial charge in [0, 0.05) is 24.8 Å². The van der Waals surface area contributed by atoms with Gasteiger partial charge in [0.05, 0.1) is 0 Å². The zero-order valence-corrected chi connectivity index (χ0v) is 12.2. The standard InChI is InChI=1S/C16H19FN2S/c17-14-2-1-3-16(8-14)19-9-13(7-15(18)10-19)6-12-4-5-20-11-12/h1-5,8,11,13,15H,6-7,9-10,18H2. The summed E-state index contributed by atoms with van der Waals surface area (Å²) in [6.45, 7) is 1.76. The predicted octanol–water partition coefficient (Wildman–Crippen LogP) is 3.28. The topological polar surface area (TPSA) is 29.3 Å². The average Bonchev–Trinajstić information content (AvgIpc) is 2.91. The van der Waals surface area contributed by atoms with E-state index in [0.29, 0.717) is 5.92 Å². The second-order valence-electron chi connectivity index (χ2n) is 5.58. The number of piperidine rings is 1. The normalized spacial score (nSPS) is 23.0. The van der Waals surface area contributed by atoms with Crippen molar-refractivity contribution in [1.82, 2.24) is 0 Å². The molecule has 1 fully saturated rings. The Morgan fingerprint density at radius 3 is 2.95 bits per heavy atom. The molecular formula is C16H19FN2S. The van der Waals surface area contributed by atoms with Crippen LogP contribution in [0, 0.1) is 11.7 Å². The monoisotopic (exact) mass is 290 g/mol. The summed E-state index contributed by atoms with van der Waals surface area (Å²) in [7, 11) is 0. The Labute approximate surface area is 123 Å². The Hall–Kier alpha value is -1.39. The van der Waals surface area contributed by atoms with Gasteiger partial charge in [-0.25, -0.2) is 4.39 Å². The third-order valence-corrected chi connectivity index (χ3v) is 4.58. The van der Waals surface area contributed by atoms with Crippen LogP contribution in [0.4, 0.5) is 10.1 Å². The molecule has 2 atom stereocenters. The summed E-state index contributed by atoms with van der Waals surface area (Å²) in [4.78, 5) is 2.22. The largest absolute Gasteiger partial charge is 0.370 e. The predicted molar refractivity (Wildman–Crippen MR) is 82.7 cm³/mol. The van der Waals surface area contributed by atoms with Gasteiger partial charge in [-0.2, -0.15) is 11.3 Å². The van der Waals surface area contributed by atoms with Crippen molar-refractivity contribution in [3.8, 4) is 0 Å². The van der Waals surface area contributed by atoms with Gasteiger partial charge in [-0.1, -0.05) is 6.07 Å². The van der Waals surface area contributed by atoms with Gasteiger partial charge in [-0.3, -0.25) is 0 Å². The van der Waals surface area contributed by atoms with Crippen molar-refractivity contribution in [2.75, 3.05) is 18.0 Å². The lowest BCUT2D eigenvalue weighted by atomic mass is 9.89. The number of anilines is 1. The highest BCUT2D eigenvalue weighted by Gasteiger charge is 2.25. The van der Waals surface area contributed by atoms with Crippen molar-refractivity contribution in [3.05, 3.63) is 52.5 Å². The van der Waals surface area contributed by atoms with Crippen LogP contribution in [0.5, 0.6) is 0 Å². The van der Waals surface area contributed by atoms with Gasteiger partial charge in [0.2, 0.25) is 0 Å². The van der Waals surface area contributed by atoms with E-state index < -0.39 is 0 Å². The molecule has 2 heterocycles. The molecule has 0 spiro atoms. The third kappa shape index (κ3) is 3.19. The van der Waals surface area contributed by atoms with Gasteiger partial charge in [-0.05, 0) is 59.3 Å². The first-order chi connectivity index (χ1) is 9.70. The molecule has 4 heteroatoms. The van der Waals surface area contributed by atoms with Crippen LogP contribution in [-0.2, 0) is 6.42 Å². The van der Waals surface area contributed by atoms with Crippen LogP contribution in [0.2, 0.25) is 0 Å². The highest BCUT2D eigenvalue weighted by molar-refractivity contribution is 7.07. The first-order valence-electron chi connectivity index (χ1n) is 6.98. The summed E-state index contributed by atoms with van der Waals surface area (Å²) in [5, 5.41) is 4.31.